The number of carbonyl (C=O) groups excluding carboxylic acids is 1. The number of benzene rings is 2. The van der Waals surface area contributed by atoms with E-state index in [0.29, 0.717) is 12.8 Å². The molecule has 2 aromatic rings. The smallest absolute Gasteiger partial charge is 0.255 e. The molecule has 3 N–H and O–H groups in total. The standard InChI is InChI=1S/C25H28ClF2NO5S/c1-13(2)23(30)25(32)15-4-5-16(25)11-18(10-15)35(33,34)22-9-14(3-7-19(22)26)24(31)29-17-6-8-20(27)21(28)12-17/h3,6-9,12-13,15-16,18,23,30,32H,4-5,10-11H2,1-2H3,(H,29,31). The summed E-state index contributed by atoms with van der Waals surface area (Å²) in [6, 6.07) is 6.72. The molecule has 10 heteroatoms. The molecule has 0 heterocycles. The van der Waals surface area contributed by atoms with E-state index in [4.69, 9.17) is 11.6 Å². The van der Waals surface area contributed by atoms with Crippen molar-refractivity contribution < 1.29 is 32.2 Å². The van der Waals surface area contributed by atoms with E-state index < -0.39 is 44.3 Å². The minimum atomic E-state index is -3.97. The zero-order chi connectivity index (χ0) is 25.7. The van der Waals surface area contributed by atoms with E-state index in [1.807, 2.05) is 13.8 Å². The van der Waals surface area contributed by atoms with Crippen LogP contribution in [-0.4, -0.2) is 41.5 Å². The van der Waals surface area contributed by atoms with Gasteiger partial charge >= 0.3 is 0 Å². The molecule has 6 nitrogen and oxygen atoms in total. The van der Waals surface area contributed by atoms with Crippen molar-refractivity contribution >= 4 is 33.0 Å². The molecule has 2 bridgehead atoms. The highest BCUT2D eigenvalue weighted by atomic mass is 35.5. The van der Waals surface area contributed by atoms with Crippen LogP contribution in [0.4, 0.5) is 14.5 Å². The Balaban J connectivity index is 1.59. The number of fused-ring (bicyclic) bond motifs is 2. The third-order valence-electron chi connectivity index (χ3n) is 7.49. The highest BCUT2D eigenvalue weighted by molar-refractivity contribution is 7.92. The summed E-state index contributed by atoms with van der Waals surface area (Å²) in [6.07, 6.45) is 0.667. The van der Waals surface area contributed by atoms with Gasteiger partial charge in [0.2, 0.25) is 0 Å². The molecule has 3 atom stereocenters. The van der Waals surface area contributed by atoms with E-state index in [-0.39, 0.29) is 51.8 Å². The third kappa shape index (κ3) is 4.59. The number of rotatable bonds is 6. The van der Waals surface area contributed by atoms with Gasteiger partial charge in [0.05, 0.1) is 26.9 Å². The number of anilines is 1. The predicted molar refractivity (Wildman–Crippen MR) is 128 cm³/mol. The second kappa shape index (κ2) is 9.42. The predicted octanol–water partition coefficient (Wildman–Crippen LogP) is 4.58. The van der Waals surface area contributed by atoms with Crippen LogP contribution < -0.4 is 5.32 Å². The van der Waals surface area contributed by atoms with Crippen molar-refractivity contribution in [3.05, 3.63) is 58.6 Å². The minimum absolute atomic E-state index is 0.0109. The normalized spacial score (nSPS) is 27.1. The Labute approximate surface area is 208 Å². The van der Waals surface area contributed by atoms with Gasteiger partial charge < -0.3 is 15.5 Å². The van der Waals surface area contributed by atoms with Crippen molar-refractivity contribution in [2.75, 3.05) is 5.32 Å². The van der Waals surface area contributed by atoms with E-state index >= 15 is 0 Å². The number of sulfone groups is 1. The van der Waals surface area contributed by atoms with Crippen molar-refractivity contribution in [2.45, 2.75) is 61.4 Å². The fourth-order valence-corrected chi connectivity index (χ4v) is 8.03. The van der Waals surface area contributed by atoms with E-state index in [2.05, 4.69) is 5.32 Å². The van der Waals surface area contributed by atoms with Gasteiger partial charge in [-0.1, -0.05) is 25.4 Å². The Morgan fingerprint density at radius 1 is 1.09 bits per heavy atom. The molecule has 2 aliphatic rings. The second-order valence-corrected chi connectivity index (χ2v) is 12.5. The zero-order valence-electron chi connectivity index (χ0n) is 19.3. The summed E-state index contributed by atoms with van der Waals surface area (Å²) in [7, 11) is -3.97. The average molecular weight is 528 g/mol. The van der Waals surface area contributed by atoms with Crippen LogP contribution in [0.3, 0.4) is 0 Å². The van der Waals surface area contributed by atoms with Crippen molar-refractivity contribution in [2.24, 2.45) is 17.8 Å². The Morgan fingerprint density at radius 3 is 2.29 bits per heavy atom. The van der Waals surface area contributed by atoms with Gasteiger partial charge in [-0.15, -0.1) is 0 Å². The lowest BCUT2D eigenvalue weighted by Gasteiger charge is -2.46. The molecule has 2 saturated carbocycles. The molecule has 2 aliphatic carbocycles. The van der Waals surface area contributed by atoms with Crippen LogP contribution in [0.25, 0.3) is 0 Å². The summed E-state index contributed by atoms with van der Waals surface area (Å²) in [6.45, 7) is 3.64. The topological polar surface area (TPSA) is 104 Å². The van der Waals surface area contributed by atoms with Crippen LogP contribution in [0.15, 0.2) is 41.3 Å². The van der Waals surface area contributed by atoms with Gasteiger partial charge in [-0.2, -0.15) is 0 Å². The highest BCUT2D eigenvalue weighted by Crippen LogP contribution is 2.54. The van der Waals surface area contributed by atoms with Crippen LogP contribution in [0.1, 0.15) is 49.9 Å². The molecular weight excluding hydrogens is 500 g/mol. The lowest BCUT2D eigenvalue weighted by Crippen LogP contribution is -2.57. The van der Waals surface area contributed by atoms with Gasteiger partial charge in [-0.25, -0.2) is 17.2 Å². The first kappa shape index (κ1) is 26.0. The lowest BCUT2D eigenvalue weighted by molar-refractivity contribution is -0.156. The molecule has 35 heavy (non-hydrogen) atoms. The lowest BCUT2D eigenvalue weighted by atomic mass is 9.69. The molecule has 0 spiro atoms. The van der Waals surface area contributed by atoms with Crippen LogP contribution in [0.5, 0.6) is 0 Å². The molecule has 0 saturated heterocycles. The van der Waals surface area contributed by atoms with Crippen LogP contribution in [-0.2, 0) is 9.84 Å². The number of halogens is 3. The number of nitrogens with one attached hydrogen (secondary N) is 1. The van der Waals surface area contributed by atoms with Crippen molar-refractivity contribution in [3.63, 3.8) is 0 Å². The minimum Gasteiger partial charge on any atom is -0.390 e. The van der Waals surface area contributed by atoms with E-state index in [1.165, 1.54) is 24.3 Å². The number of hydrogen-bond acceptors (Lipinski definition) is 5. The van der Waals surface area contributed by atoms with Gasteiger partial charge in [0, 0.05) is 17.3 Å². The molecule has 4 rings (SSSR count). The zero-order valence-corrected chi connectivity index (χ0v) is 20.9. The average Bonchev–Trinajstić information content (AvgIpc) is 2.97. The highest BCUT2D eigenvalue weighted by Gasteiger charge is 2.59. The number of hydrogen-bond donors (Lipinski definition) is 3. The van der Waals surface area contributed by atoms with Crippen molar-refractivity contribution in [1.82, 2.24) is 0 Å². The van der Waals surface area contributed by atoms with Gasteiger partial charge in [0.1, 0.15) is 0 Å². The molecule has 3 unspecified atom stereocenters. The van der Waals surface area contributed by atoms with Crippen molar-refractivity contribution in [1.29, 1.82) is 0 Å². The largest absolute Gasteiger partial charge is 0.390 e. The van der Waals surface area contributed by atoms with Crippen molar-refractivity contribution in [3.8, 4) is 0 Å². The summed E-state index contributed by atoms with van der Waals surface area (Å²) in [5.41, 5.74) is -1.32. The van der Waals surface area contributed by atoms with E-state index in [1.54, 1.807) is 0 Å². The van der Waals surface area contributed by atoms with Crippen LogP contribution >= 0.6 is 11.6 Å². The first-order valence-electron chi connectivity index (χ1n) is 11.6. The van der Waals surface area contributed by atoms with Gasteiger partial charge in [0.15, 0.2) is 21.5 Å². The van der Waals surface area contributed by atoms with Gasteiger partial charge in [-0.3, -0.25) is 4.79 Å². The molecule has 0 radical (unpaired) electrons. The maximum absolute atomic E-state index is 13.6. The SMILES string of the molecule is CC(C)C(O)C1(O)C2CCC1CC(S(=O)(=O)c1cc(C(=O)Nc3ccc(F)c(F)c3)ccc1Cl)C2. The van der Waals surface area contributed by atoms with Crippen LogP contribution in [0, 0.1) is 29.4 Å². The third-order valence-corrected chi connectivity index (χ3v) is 10.1. The molecular formula is C25H28ClF2NO5S. The van der Waals surface area contributed by atoms with Crippen LogP contribution in [0.2, 0.25) is 5.02 Å². The fraction of sp³-hybridized carbons (Fsp3) is 0.480. The number of aliphatic hydroxyl groups excluding tert-OH is 1. The molecule has 2 aromatic carbocycles. The summed E-state index contributed by atoms with van der Waals surface area (Å²) in [5, 5.41) is 23.6. The van der Waals surface area contributed by atoms with Gasteiger partial charge in [-0.05, 0) is 73.8 Å². The summed E-state index contributed by atoms with van der Waals surface area (Å²) >= 11 is 6.25. The fourth-order valence-electron chi connectivity index (χ4n) is 5.63. The molecule has 1 amide bonds. The maximum atomic E-state index is 13.6. The monoisotopic (exact) mass is 527 g/mol. The maximum Gasteiger partial charge on any atom is 0.255 e. The molecule has 190 valence electrons. The number of aliphatic hydroxyl groups is 2. The molecule has 0 aromatic heterocycles. The Bertz CT molecular complexity index is 1240. The quantitative estimate of drug-likeness (QED) is 0.510. The van der Waals surface area contributed by atoms with E-state index in [0.717, 1.165) is 12.1 Å². The second-order valence-electron chi connectivity index (χ2n) is 9.91. The number of amides is 1. The molecule has 0 aliphatic heterocycles. The Hall–Kier alpha value is -2.07. The Kier molecular flexibility index (Phi) is 7.00. The number of carbonyl (C=O) groups is 1. The molecule has 2 fully saturated rings. The Morgan fingerprint density at radius 2 is 1.71 bits per heavy atom. The first-order valence-corrected chi connectivity index (χ1v) is 13.5. The summed E-state index contributed by atoms with van der Waals surface area (Å²) in [5.74, 6) is -3.79. The summed E-state index contributed by atoms with van der Waals surface area (Å²) in [4.78, 5) is 12.5. The first-order chi connectivity index (χ1) is 16.4. The van der Waals surface area contributed by atoms with Gasteiger partial charge in [0.25, 0.3) is 5.91 Å². The van der Waals surface area contributed by atoms with E-state index in [9.17, 15) is 32.2 Å². The summed E-state index contributed by atoms with van der Waals surface area (Å²) < 4.78 is 53.8.